The average Bonchev–Trinajstić information content (AvgIpc) is 3.24. The number of benzene rings is 1. The lowest BCUT2D eigenvalue weighted by Crippen LogP contribution is -2.45. The standard InChI is InChI=1S/C26H38N2O6/c1-19(2)26(30)28(13-7-15-31-4)18-25(29)27(17-22-10-8-20(3)34-22)14-12-21-9-11-23(32-5)24(16-21)33-6/h8-11,16,19H,7,12-15,17-18H2,1-6H3. The number of ether oxygens (including phenoxy) is 3. The number of methoxy groups -OCH3 is 3. The summed E-state index contributed by atoms with van der Waals surface area (Å²) < 4.78 is 21.6. The van der Waals surface area contributed by atoms with Gasteiger partial charge in [0.05, 0.1) is 27.3 Å². The minimum Gasteiger partial charge on any atom is -0.493 e. The maximum atomic E-state index is 13.4. The minimum absolute atomic E-state index is 0.0202. The summed E-state index contributed by atoms with van der Waals surface area (Å²) in [6.45, 7) is 7.39. The molecule has 2 aromatic rings. The first-order valence-electron chi connectivity index (χ1n) is 11.6. The van der Waals surface area contributed by atoms with Crippen molar-refractivity contribution < 1.29 is 28.2 Å². The molecule has 0 saturated carbocycles. The van der Waals surface area contributed by atoms with E-state index in [0.29, 0.717) is 56.3 Å². The zero-order valence-corrected chi connectivity index (χ0v) is 21.3. The van der Waals surface area contributed by atoms with Crippen molar-refractivity contribution in [2.75, 3.05) is 47.6 Å². The normalized spacial score (nSPS) is 10.9. The van der Waals surface area contributed by atoms with Gasteiger partial charge in [-0.1, -0.05) is 19.9 Å². The molecule has 0 aliphatic heterocycles. The van der Waals surface area contributed by atoms with E-state index in [0.717, 1.165) is 11.3 Å². The van der Waals surface area contributed by atoms with Gasteiger partial charge in [-0.3, -0.25) is 9.59 Å². The molecule has 0 aliphatic rings. The van der Waals surface area contributed by atoms with Crippen molar-refractivity contribution in [3.8, 4) is 11.5 Å². The molecule has 0 fully saturated rings. The Bertz CT molecular complexity index is 924. The van der Waals surface area contributed by atoms with Crippen molar-refractivity contribution in [1.29, 1.82) is 0 Å². The Morgan fingerprint density at radius 1 is 0.971 bits per heavy atom. The Hall–Kier alpha value is -3.00. The van der Waals surface area contributed by atoms with E-state index in [2.05, 4.69) is 0 Å². The molecule has 0 bridgehead atoms. The molecule has 0 unspecified atom stereocenters. The lowest BCUT2D eigenvalue weighted by Gasteiger charge is -2.28. The van der Waals surface area contributed by atoms with E-state index < -0.39 is 0 Å². The van der Waals surface area contributed by atoms with Crippen LogP contribution in [-0.4, -0.2) is 69.2 Å². The number of amides is 2. The maximum Gasteiger partial charge on any atom is 0.242 e. The summed E-state index contributed by atoms with van der Waals surface area (Å²) in [7, 11) is 4.82. The van der Waals surface area contributed by atoms with E-state index in [4.69, 9.17) is 18.6 Å². The highest BCUT2D eigenvalue weighted by Gasteiger charge is 2.24. The number of rotatable bonds is 14. The van der Waals surface area contributed by atoms with Gasteiger partial charge >= 0.3 is 0 Å². The van der Waals surface area contributed by atoms with Crippen molar-refractivity contribution in [3.05, 3.63) is 47.4 Å². The summed E-state index contributed by atoms with van der Waals surface area (Å²) in [5, 5.41) is 0. The summed E-state index contributed by atoms with van der Waals surface area (Å²) in [6.07, 6.45) is 1.29. The fourth-order valence-corrected chi connectivity index (χ4v) is 3.65. The van der Waals surface area contributed by atoms with Gasteiger partial charge in [-0.05, 0) is 49.6 Å². The number of hydrogen-bond donors (Lipinski definition) is 0. The van der Waals surface area contributed by atoms with E-state index in [9.17, 15) is 9.59 Å². The highest BCUT2D eigenvalue weighted by Crippen LogP contribution is 2.27. The predicted molar refractivity (Wildman–Crippen MR) is 130 cm³/mol. The maximum absolute atomic E-state index is 13.4. The summed E-state index contributed by atoms with van der Waals surface area (Å²) >= 11 is 0. The van der Waals surface area contributed by atoms with Gasteiger partial charge in [0.2, 0.25) is 11.8 Å². The highest BCUT2D eigenvalue weighted by atomic mass is 16.5. The SMILES string of the molecule is COCCCN(CC(=O)N(CCc1ccc(OC)c(OC)c1)Cc1ccc(C)o1)C(=O)C(C)C. The second-order valence-corrected chi connectivity index (χ2v) is 8.53. The molecule has 0 N–H and O–H groups in total. The molecule has 1 heterocycles. The molecular weight excluding hydrogens is 436 g/mol. The van der Waals surface area contributed by atoms with Crippen LogP contribution in [0, 0.1) is 12.8 Å². The Morgan fingerprint density at radius 3 is 2.29 bits per heavy atom. The molecule has 0 saturated heterocycles. The van der Waals surface area contributed by atoms with Crippen LogP contribution in [0.1, 0.15) is 37.4 Å². The van der Waals surface area contributed by atoms with Crippen molar-refractivity contribution in [2.24, 2.45) is 5.92 Å². The first kappa shape index (κ1) is 27.2. The molecule has 8 heteroatoms. The van der Waals surface area contributed by atoms with Crippen LogP contribution in [0.15, 0.2) is 34.7 Å². The minimum atomic E-state index is -0.191. The van der Waals surface area contributed by atoms with Gasteiger partial charge < -0.3 is 28.4 Å². The van der Waals surface area contributed by atoms with Crippen LogP contribution in [-0.2, 0) is 27.3 Å². The molecule has 0 spiro atoms. The third-order valence-corrected chi connectivity index (χ3v) is 5.52. The average molecular weight is 475 g/mol. The third-order valence-electron chi connectivity index (χ3n) is 5.52. The molecule has 1 aromatic carbocycles. The fourth-order valence-electron chi connectivity index (χ4n) is 3.65. The van der Waals surface area contributed by atoms with Crippen LogP contribution >= 0.6 is 0 Å². The Morgan fingerprint density at radius 2 is 1.71 bits per heavy atom. The van der Waals surface area contributed by atoms with Gasteiger partial charge in [-0.25, -0.2) is 0 Å². The zero-order chi connectivity index (χ0) is 25.1. The summed E-state index contributed by atoms with van der Waals surface area (Å²) in [5.41, 5.74) is 1.02. The molecule has 188 valence electrons. The lowest BCUT2D eigenvalue weighted by molar-refractivity contribution is -0.143. The van der Waals surface area contributed by atoms with Gasteiger partial charge in [0.1, 0.15) is 11.5 Å². The monoisotopic (exact) mass is 474 g/mol. The molecule has 1 aromatic heterocycles. The topological polar surface area (TPSA) is 81.5 Å². The molecule has 0 aliphatic carbocycles. The summed E-state index contributed by atoms with van der Waals surface area (Å²) in [6, 6.07) is 9.49. The smallest absolute Gasteiger partial charge is 0.242 e. The van der Waals surface area contributed by atoms with Crippen LogP contribution in [0.3, 0.4) is 0 Å². The Labute approximate surface area is 202 Å². The quantitative estimate of drug-likeness (QED) is 0.389. The zero-order valence-electron chi connectivity index (χ0n) is 21.3. The molecule has 0 atom stereocenters. The van der Waals surface area contributed by atoms with Crippen molar-refractivity contribution >= 4 is 11.8 Å². The number of hydrogen-bond acceptors (Lipinski definition) is 6. The predicted octanol–water partition coefficient (Wildman–Crippen LogP) is 3.70. The first-order chi connectivity index (χ1) is 16.3. The summed E-state index contributed by atoms with van der Waals surface area (Å²) in [4.78, 5) is 29.5. The largest absolute Gasteiger partial charge is 0.493 e. The summed E-state index contributed by atoms with van der Waals surface area (Å²) in [5.74, 6) is 2.44. The van der Waals surface area contributed by atoms with Crippen molar-refractivity contribution in [2.45, 2.75) is 40.2 Å². The number of carbonyl (C=O) groups is 2. The number of aryl methyl sites for hydroxylation is 1. The molecule has 2 amide bonds. The third kappa shape index (κ3) is 8.09. The van der Waals surface area contributed by atoms with Crippen LogP contribution < -0.4 is 9.47 Å². The second-order valence-electron chi connectivity index (χ2n) is 8.53. The molecule has 34 heavy (non-hydrogen) atoms. The highest BCUT2D eigenvalue weighted by molar-refractivity contribution is 5.85. The van der Waals surface area contributed by atoms with Gasteiger partial charge in [0.15, 0.2) is 11.5 Å². The van der Waals surface area contributed by atoms with E-state index in [1.165, 1.54) is 0 Å². The van der Waals surface area contributed by atoms with Crippen LogP contribution in [0.5, 0.6) is 11.5 Å². The van der Waals surface area contributed by atoms with Crippen molar-refractivity contribution in [3.63, 3.8) is 0 Å². The molecule has 8 nitrogen and oxygen atoms in total. The lowest BCUT2D eigenvalue weighted by atomic mass is 10.1. The van der Waals surface area contributed by atoms with Gasteiger partial charge in [0.25, 0.3) is 0 Å². The van der Waals surface area contributed by atoms with Gasteiger partial charge in [0, 0.05) is 32.7 Å². The van der Waals surface area contributed by atoms with Crippen molar-refractivity contribution in [1.82, 2.24) is 9.80 Å². The van der Waals surface area contributed by atoms with Crippen LogP contribution in [0.2, 0.25) is 0 Å². The Balaban J connectivity index is 2.17. The fraction of sp³-hybridized carbons (Fsp3) is 0.538. The number of nitrogens with zero attached hydrogens (tertiary/aromatic N) is 2. The van der Waals surface area contributed by atoms with Gasteiger partial charge in [-0.15, -0.1) is 0 Å². The van der Waals surface area contributed by atoms with Crippen LogP contribution in [0.4, 0.5) is 0 Å². The molecular formula is C26H38N2O6. The first-order valence-corrected chi connectivity index (χ1v) is 11.6. The van der Waals surface area contributed by atoms with E-state index in [1.54, 1.807) is 31.1 Å². The van der Waals surface area contributed by atoms with E-state index >= 15 is 0 Å². The van der Waals surface area contributed by atoms with Crippen LogP contribution in [0.25, 0.3) is 0 Å². The molecule has 0 radical (unpaired) electrons. The van der Waals surface area contributed by atoms with E-state index in [1.807, 2.05) is 51.1 Å². The Kier molecular flexibility index (Phi) is 10.9. The van der Waals surface area contributed by atoms with E-state index in [-0.39, 0.29) is 24.3 Å². The number of carbonyl (C=O) groups excluding carboxylic acids is 2. The number of furan rings is 1. The second kappa shape index (κ2) is 13.6. The van der Waals surface area contributed by atoms with Gasteiger partial charge in [-0.2, -0.15) is 0 Å². The molecule has 2 rings (SSSR count).